The lowest BCUT2D eigenvalue weighted by Crippen LogP contribution is -2.26. The van der Waals surface area contributed by atoms with Gasteiger partial charge >= 0.3 is 0 Å². The van der Waals surface area contributed by atoms with Crippen LogP contribution in [0.2, 0.25) is 0 Å². The van der Waals surface area contributed by atoms with Gasteiger partial charge in [-0.3, -0.25) is 4.57 Å². The van der Waals surface area contributed by atoms with E-state index < -0.39 is 0 Å². The number of rotatable bonds is 3. The van der Waals surface area contributed by atoms with E-state index in [2.05, 4.69) is 39.8 Å². The molecule has 0 amide bonds. The van der Waals surface area contributed by atoms with Crippen LogP contribution in [-0.4, -0.2) is 32.6 Å². The molecule has 5 heteroatoms. The zero-order chi connectivity index (χ0) is 14.7. The molecule has 2 aromatic heterocycles. The van der Waals surface area contributed by atoms with E-state index in [0.29, 0.717) is 5.41 Å². The largest absolute Gasteiger partial charge is 0.356 e. The van der Waals surface area contributed by atoms with Crippen LogP contribution in [0, 0.1) is 5.41 Å². The van der Waals surface area contributed by atoms with Crippen molar-refractivity contribution < 1.29 is 0 Å². The van der Waals surface area contributed by atoms with E-state index in [9.17, 15) is 0 Å². The third kappa shape index (κ3) is 3.06. The molecule has 0 N–H and O–H groups in total. The average molecular weight is 285 g/mol. The molecule has 0 saturated carbocycles. The number of nitrogens with zero attached hydrogens (tertiary/aromatic N) is 5. The highest BCUT2D eigenvalue weighted by atomic mass is 15.2. The first-order valence-electron chi connectivity index (χ1n) is 7.75. The molecule has 1 aliphatic heterocycles. The lowest BCUT2D eigenvalue weighted by atomic mass is 9.80. The Labute approximate surface area is 126 Å². The van der Waals surface area contributed by atoms with E-state index in [0.717, 1.165) is 24.7 Å². The molecule has 1 saturated heterocycles. The summed E-state index contributed by atoms with van der Waals surface area (Å²) < 4.78 is 1.92. The highest BCUT2D eigenvalue weighted by Gasteiger charge is 2.26. The zero-order valence-electron chi connectivity index (χ0n) is 12.9. The van der Waals surface area contributed by atoms with Crippen LogP contribution < -0.4 is 4.90 Å². The Kier molecular flexibility index (Phi) is 3.90. The smallest absolute Gasteiger partial charge is 0.143 e. The van der Waals surface area contributed by atoms with E-state index >= 15 is 0 Å². The second-order valence-electron chi connectivity index (χ2n) is 6.21. The van der Waals surface area contributed by atoms with Crippen molar-refractivity contribution in [3.05, 3.63) is 31.1 Å². The van der Waals surface area contributed by atoms with Crippen molar-refractivity contribution >= 4 is 5.82 Å². The van der Waals surface area contributed by atoms with Gasteiger partial charge in [-0.15, -0.1) is 0 Å². The summed E-state index contributed by atoms with van der Waals surface area (Å²) in [6.07, 6.45) is 12.1. The Morgan fingerprint density at radius 1 is 1.19 bits per heavy atom. The molecule has 3 heterocycles. The van der Waals surface area contributed by atoms with Crippen molar-refractivity contribution in [3.8, 4) is 5.82 Å². The molecule has 0 radical (unpaired) electrons. The lowest BCUT2D eigenvalue weighted by molar-refractivity contribution is 0.275. The predicted molar refractivity (Wildman–Crippen MR) is 83.6 cm³/mol. The van der Waals surface area contributed by atoms with Gasteiger partial charge in [-0.1, -0.05) is 20.3 Å². The molecule has 0 bridgehead atoms. The fourth-order valence-electron chi connectivity index (χ4n) is 2.97. The summed E-state index contributed by atoms with van der Waals surface area (Å²) in [6.45, 7) is 6.87. The molecular weight excluding hydrogens is 262 g/mol. The molecule has 112 valence electrons. The fourth-order valence-corrected chi connectivity index (χ4v) is 2.97. The van der Waals surface area contributed by atoms with Gasteiger partial charge in [0.2, 0.25) is 0 Å². The van der Waals surface area contributed by atoms with Gasteiger partial charge in [0.25, 0.3) is 0 Å². The van der Waals surface area contributed by atoms with Gasteiger partial charge in [0.15, 0.2) is 0 Å². The molecule has 21 heavy (non-hydrogen) atoms. The zero-order valence-corrected chi connectivity index (χ0v) is 12.9. The Bertz CT molecular complexity index is 580. The van der Waals surface area contributed by atoms with Gasteiger partial charge in [0.1, 0.15) is 24.3 Å². The molecule has 1 unspecified atom stereocenters. The minimum Gasteiger partial charge on any atom is -0.356 e. The Morgan fingerprint density at radius 3 is 2.81 bits per heavy atom. The van der Waals surface area contributed by atoms with Crippen LogP contribution in [0.4, 0.5) is 5.82 Å². The van der Waals surface area contributed by atoms with Crippen LogP contribution in [0.1, 0.15) is 39.5 Å². The van der Waals surface area contributed by atoms with Gasteiger partial charge in [-0.05, 0) is 24.7 Å². The first-order chi connectivity index (χ1) is 10.2. The molecule has 1 atom stereocenters. The van der Waals surface area contributed by atoms with E-state index in [-0.39, 0.29) is 0 Å². The highest BCUT2D eigenvalue weighted by Crippen LogP contribution is 2.34. The van der Waals surface area contributed by atoms with Crippen LogP contribution in [0.25, 0.3) is 5.82 Å². The second-order valence-corrected chi connectivity index (χ2v) is 6.21. The monoisotopic (exact) mass is 285 g/mol. The number of hydrogen-bond donors (Lipinski definition) is 0. The van der Waals surface area contributed by atoms with Crippen molar-refractivity contribution in [1.29, 1.82) is 0 Å². The Balaban J connectivity index is 1.79. The molecular formula is C16H23N5. The maximum absolute atomic E-state index is 4.47. The molecule has 3 rings (SSSR count). The minimum atomic E-state index is 0.481. The van der Waals surface area contributed by atoms with Crippen LogP contribution in [0.3, 0.4) is 0 Å². The first-order valence-corrected chi connectivity index (χ1v) is 7.75. The lowest BCUT2D eigenvalue weighted by Gasteiger charge is -2.27. The third-order valence-corrected chi connectivity index (χ3v) is 4.78. The normalized spacial score (nSPS) is 23.0. The number of imidazole rings is 1. The number of hydrogen-bond acceptors (Lipinski definition) is 4. The first kappa shape index (κ1) is 14.0. The summed E-state index contributed by atoms with van der Waals surface area (Å²) >= 11 is 0. The molecule has 2 aromatic rings. The standard InChI is InChI=1S/C16H23N5/c1-3-16(2)5-4-8-20(9-6-16)14-11-15(19-12-18-14)21-10-7-17-13-21/h7,10-13H,3-6,8-9H2,1-2H3. The molecule has 1 aliphatic rings. The summed E-state index contributed by atoms with van der Waals surface area (Å²) in [4.78, 5) is 15.3. The Morgan fingerprint density at radius 2 is 2.05 bits per heavy atom. The molecule has 0 aliphatic carbocycles. The van der Waals surface area contributed by atoms with Gasteiger partial charge in [0, 0.05) is 31.5 Å². The fraction of sp³-hybridized carbons (Fsp3) is 0.562. The molecule has 0 spiro atoms. The summed E-state index contributed by atoms with van der Waals surface area (Å²) in [7, 11) is 0. The van der Waals surface area contributed by atoms with Crippen molar-refractivity contribution in [3.63, 3.8) is 0 Å². The average Bonchev–Trinajstić information content (AvgIpc) is 2.98. The number of anilines is 1. The van der Waals surface area contributed by atoms with E-state index in [1.807, 2.05) is 10.8 Å². The van der Waals surface area contributed by atoms with Crippen LogP contribution in [0.5, 0.6) is 0 Å². The second kappa shape index (κ2) is 5.84. The number of aromatic nitrogens is 4. The van der Waals surface area contributed by atoms with Crippen LogP contribution in [-0.2, 0) is 0 Å². The van der Waals surface area contributed by atoms with Crippen LogP contribution >= 0.6 is 0 Å². The van der Waals surface area contributed by atoms with Gasteiger partial charge < -0.3 is 4.90 Å². The topological polar surface area (TPSA) is 46.8 Å². The van der Waals surface area contributed by atoms with E-state index in [1.165, 1.54) is 25.7 Å². The van der Waals surface area contributed by atoms with E-state index in [4.69, 9.17) is 0 Å². The third-order valence-electron chi connectivity index (χ3n) is 4.78. The maximum Gasteiger partial charge on any atom is 0.143 e. The van der Waals surface area contributed by atoms with Gasteiger partial charge in [-0.25, -0.2) is 15.0 Å². The van der Waals surface area contributed by atoms with Crippen molar-refractivity contribution in [2.24, 2.45) is 5.41 Å². The van der Waals surface area contributed by atoms with Crippen LogP contribution in [0.15, 0.2) is 31.1 Å². The van der Waals surface area contributed by atoms with Crippen molar-refractivity contribution in [2.45, 2.75) is 39.5 Å². The Hall–Kier alpha value is -1.91. The van der Waals surface area contributed by atoms with Gasteiger partial charge in [0.05, 0.1) is 0 Å². The van der Waals surface area contributed by atoms with Crippen molar-refractivity contribution in [1.82, 2.24) is 19.5 Å². The molecule has 1 fully saturated rings. The molecule has 5 nitrogen and oxygen atoms in total. The van der Waals surface area contributed by atoms with Crippen molar-refractivity contribution in [2.75, 3.05) is 18.0 Å². The minimum absolute atomic E-state index is 0.481. The summed E-state index contributed by atoms with van der Waals surface area (Å²) in [6, 6.07) is 2.05. The highest BCUT2D eigenvalue weighted by molar-refractivity contribution is 5.43. The van der Waals surface area contributed by atoms with E-state index in [1.54, 1.807) is 18.9 Å². The molecule has 0 aromatic carbocycles. The maximum atomic E-state index is 4.47. The summed E-state index contributed by atoms with van der Waals surface area (Å²) in [5.41, 5.74) is 0.481. The quantitative estimate of drug-likeness (QED) is 0.869. The van der Waals surface area contributed by atoms with Gasteiger partial charge in [-0.2, -0.15) is 0 Å². The SMILES string of the molecule is CCC1(C)CCCN(c2cc(-n3ccnc3)ncn2)CC1. The summed E-state index contributed by atoms with van der Waals surface area (Å²) in [5.74, 6) is 1.90. The summed E-state index contributed by atoms with van der Waals surface area (Å²) in [5, 5.41) is 0. The predicted octanol–water partition coefficient (Wildman–Crippen LogP) is 3.07.